The first-order chi connectivity index (χ1) is 7.09. The van der Waals surface area contributed by atoms with Crippen LogP contribution in [0.4, 0.5) is 0 Å². The number of nitrogens with zero attached hydrogens (tertiary/aromatic N) is 2. The molecule has 1 fully saturated rings. The van der Waals surface area contributed by atoms with Crippen LogP contribution in [0, 0.1) is 19.8 Å². The monoisotopic (exact) mass is 206 g/mol. The lowest BCUT2D eigenvalue weighted by atomic mass is 9.93. The summed E-state index contributed by atoms with van der Waals surface area (Å²) in [5, 5.41) is 0. The summed E-state index contributed by atoms with van der Waals surface area (Å²) in [5.41, 5.74) is 2.82. The molecule has 84 valence electrons. The average molecular weight is 206 g/mol. The second kappa shape index (κ2) is 4.01. The van der Waals surface area contributed by atoms with Crippen molar-refractivity contribution in [3.63, 3.8) is 0 Å². The number of piperidine rings is 1. The van der Waals surface area contributed by atoms with Gasteiger partial charge in [0, 0.05) is 24.0 Å². The van der Waals surface area contributed by atoms with Crippen LogP contribution in [0.3, 0.4) is 0 Å². The van der Waals surface area contributed by atoms with Gasteiger partial charge in [-0.2, -0.15) is 0 Å². The van der Waals surface area contributed by atoms with Crippen molar-refractivity contribution < 1.29 is 0 Å². The van der Waals surface area contributed by atoms with Crippen molar-refractivity contribution >= 4 is 0 Å². The van der Waals surface area contributed by atoms with E-state index in [0.29, 0.717) is 6.04 Å². The second-order valence-corrected chi connectivity index (χ2v) is 5.08. The largest absolute Gasteiger partial charge is 0.346 e. The van der Waals surface area contributed by atoms with Crippen LogP contribution in [-0.4, -0.2) is 29.6 Å². The molecule has 1 saturated heterocycles. The summed E-state index contributed by atoms with van der Waals surface area (Å²) in [6, 6.07) is 5.18. The zero-order chi connectivity index (χ0) is 11.0. The summed E-state index contributed by atoms with van der Waals surface area (Å²) in [5.74, 6) is 0.758. The Morgan fingerprint density at radius 3 is 2.33 bits per heavy atom. The lowest BCUT2D eigenvalue weighted by Crippen LogP contribution is -2.38. The molecule has 1 aromatic heterocycles. The third-order valence-corrected chi connectivity index (χ3v) is 3.72. The zero-order valence-corrected chi connectivity index (χ0v) is 10.3. The molecule has 2 heteroatoms. The zero-order valence-electron chi connectivity index (χ0n) is 10.3. The Balaban J connectivity index is 2.24. The van der Waals surface area contributed by atoms with Crippen molar-refractivity contribution in [2.24, 2.45) is 5.92 Å². The molecule has 0 spiro atoms. The van der Waals surface area contributed by atoms with Crippen molar-refractivity contribution in [2.45, 2.75) is 33.2 Å². The number of aryl methyl sites for hydroxylation is 2. The Morgan fingerprint density at radius 2 is 1.80 bits per heavy atom. The summed E-state index contributed by atoms with van der Waals surface area (Å²) >= 11 is 0. The van der Waals surface area contributed by atoms with Crippen molar-refractivity contribution in [1.82, 2.24) is 9.47 Å². The van der Waals surface area contributed by atoms with E-state index in [9.17, 15) is 0 Å². The lowest BCUT2D eigenvalue weighted by Gasteiger charge is -2.37. The first-order valence-corrected chi connectivity index (χ1v) is 5.92. The van der Waals surface area contributed by atoms with Crippen LogP contribution in [0.15, 0.2) is 12.1 Å². The molecule has 2 atom stereocenters. The molecule has 0 aliphatic carbocycles. The van der Waals surface area contributed by atoms with Gasteiger partial charge in [-0.1, -0.05) is 6.92 Å². The van der Waals surface area contributed by atoms with Crippen LogP contribution < -0.4 is 0 Å². The van der Waals surface area contributed by atoms with Gasteiger partial charge in [-0.05, 0) is 51.9 Å². The van der Waals surface area contributed by atoms with E-state index in [4.69, 9.17) is 0 Å². The summed E-state index contributed by atoms with van der Waals surface area (Å²) in [7, 11) is 2.22. The highest BCUT2D eigenvalue weighted by atomic mass is 15.1. The van der Waals surface area contributed by atoms with Crippen molar-refractivity contribution in [2.75, 3.05) is 20.1 Å². The van der Waals surface area contributed by atoms with Gasteiger partial charge in [-0.25, -0.2) is 0 Å². The van der Waals surface area contributed by atoms with E-state index in [0.717, 1.165) is 5.92 Å². The minimum absolute atomic E-state index is 0.705. The first-order valence-electron chi connectivity index (χ1n) is 5.92. The van der Waals surface area contributed by atoms with Gasteiger partial charge in [0.15, 0.2) is 0 Å². The molecule has 1 aromatic rings. The molecular formula is C13H22N2. The molecule has 2 rings (SSSR count). The smallest absolute Gasteiger partial charge is 0.0385 e. The number of likely N-dealkylation sites (tertiary alicyclic amines) is 1. The number of hydrogen-bond acceptors (Lipinski definition) is 1. The molecule has 0 bridgehead atoms. The lowest BCUT2D eigenvalue weighted by molar-refractivity contribution is 0.156. The fourth-order valence-corrected chi connectivity index (χ4v) is 2.93. The first kappa shape index (κ1) is 10.7. The van der Waals surface area contributed by atoms with Crippen molar-refractivity contribution in [3.8, 4) is 0 Å². The van der Waals surface area contributed by atoms with Gasteiger partial charge in [0.25, 0.3) is 0 Å². The SMILES string of the molecule is Cc1ccc(C)n1C1CCN(C)CC1C. The Bertz CT molecular complexity index is 321. The minimum Gasteiger partial charge on any atom is -0.346 e. The van der Waals surface area contributed by atoms with Crippen LogP contribution in [0.5, 0.6) is 0 Å². The van der Waals surface area contributed by atoms with E-state index in [1.807, 2.05) is 0 Å². The van der Waals surface area contributed by atoms with Gasteiger partial charge < -0.3 is 9.47 Å². The van der Waals surface area contributed by atoms with Crippen LogP contribution in [0.1, 0.15) is 30.8 Å². The average Bonchev–Trinajstić information content (AvgIpc) is 2.48. The van der Waals surface area contributed by atoms with E-state index in [2.05, 4.69) is 49.4 Å². The van der Waals surface area contributed by atoms with Gasteiger partial charge in [0.2, 0.25) is 0 Å². The number of rotatable bonds is 1. The fraction of sp³-hybridized carbons (Fsp3) is 0.692. The van der Waals surface area contributed by atoms with E-state index in [1.165, 1.54) is 30.9 Å². The minimum atomic E-state index is 0.705. The highest BCUT2D eigenvalue weighted by Crippen LogP contribution is 2.30. The highest BCUT2D eigenvalue weighted by molar-refractivity contribution is 5.15. The summed E-state index contributed by atoms with van der Waals surface area (Å²) in [6.07, 6.45) is 1.29. The van der Waals surface area contributed by atoms with Gasteiger partial charge in [0.05, 0.1) is 0 Å². The predicted octanol–water partition coefficient (Wildman–Crippen LogP) is 2.62. The molecule has 2 unspecified atom stereocenters. The van der Waals surface area contributed by atoms with Gasteiger partial charge in [-0.3, -0.25) is 0 Å². The fourth-order valence-electron chi connectivity index (χ4n) is 2.93. The molecule has 0 aromatic carbocycles. The summed E-state index contributed by atoms with van der Waals surface area (Å²) in [4.78, 5) is 2.44. The van der Waals surface area contributed by atoms with Crippen LogP contribution in [0.2, 0.25) is 0 Å². The molecule has 0 saturated carbocycles. The topological polar surface area (TPSA) is 8.17 Å². The molecule has 15 heavy (non-hydrogen) atoms. The maximum Gasteiger partial charge on any atom is 0.0385 e. The Kier molecular flexibility index (Phi) is 2.87. The number of hydrogen-bond donors (Lipinski definition) is 0. The van der Waals surface area contributed by atoms with Crippen LogP contribution >= 0.6 is 0 Å². The van der Waals surface area contributed by atoms with E-state index in [1.54, 1.807) is 0 Å². The third-order valence-electron chi connectivity index (χ3n) is 3.72. The molecule has 0 radical (unpaired) electrons. The molecular weight excluding hydrogens is 184 g/mol. The standard InChI is InChI=1S/C13H22N2/c1-10-9-14(4)8-7-13(10)15-11(2)5-6-12(15)3/h5-6,10,13H,7-9H2,1-4H3. The second-order valence-electron chi connectivity index (χ2n) is 5.08. The molecule has 2 heterocycles. The molecule has 0 amide bonds. The van der Waals surface area contributed by atoms with Gasteiger partial charge >= 0.3 is 0 Å². The number of aromatic nitrogens is 1. The Labute approximate surface area is 92.9 Å². The van der Waals surface area contributed by atoms with Crippen molar-refractivity contribution in [3.05, 3.63) is 23.5 Å². The quantitative estimate of drug-likeness (QED) is 0.685. The Hall–Kier alpha value is -0.760. The van der Waals surface area contributed by atoms with Gasteiger partial charge in [0.1, 0.15) is 0 Å². The Morgan fingerprint density at radius 1 is 1.20 bits per heavy atom. The van der Waals surface area contributed by atoms with Crippen molar-refractivity contribution in [1.29, 1.82) is 0 Å². The maximum atomic E-state index is 2.53. The molecule has 1 aliphatic heterocycles. The highest BCUT2D eigenvalue weighted by Gasteiger charge is 2.26. The maximum absolute atomic E-state index is 2.53. The normalized spacial score (nSPS) is 28.3. The molecule has 1 aliphatic rings. The van der Waals surface area contributed by atoms with E-state index < -0.39 is 0 Å². The third kappa shape index (κ3) is 1.96. The molecule has 0 N–H and O–H groups in total. The van der Waals surface area contributed by atoms with Crippen LogP contribution in [-0.2, 0) is 0 Å². The van der Waals surface area contributed by atoms with E-state index in [-0.39, 0.29) is 0 Å². The van der Waals surface area contributed by atoms with E-state index >= 15 is 0 Å². The predicted molar refractivity (Wildman–Crippen MR) is 64.2 cm³/mol. The van der Waals surface area contributed by atoms with Gasteiger partial charge in [-0.15, -0.1) is 0 Å². The van der Waals surface area contributed by atoms with Crippen LogP contribution in [0.25, 0.3) is 0 Å². The summed E-state index contributed by atoms with van der Waals surface area (Å²) < 4.78 is 2.53. The summed E-state index contributed by atoms with van der Waals surface area (Å²) in [6.45, 7) is 9.27. The molecule has 2 nitrogen and oxygen atoms in total.